The highest BCUT2D eigenvalue weighted by atomic mass is 35.5. The number of halogens is 4. The number of likely N-dealkylation sites (tertiary alicyclic amines) is 1. The van der Waals surface area contributed by atoms with E-state index < -0.39 is 23.4 Å². The van der Waals surface area contributed by atoms with Gasteiger partial charge in [-0.15, -0.1) is 0 Å². The van der Waals surface area contributed by atoms with E-state index in [0.717, 1.165) is 17.7 Å². The molecule has 1 amide bonds. The monoisotopic (exact) mass is 456 g/mol. The van der Waals surface area contributed by atoms with Crippen molar-refractivity contribution in [2.24, 2.45) is 0 Å². The molecule has 1 aliphatic rings. The molecule has 9 heteroatoms. The van der Waals surface area contributed by atoms with Gasteiger partial charge in [-0.05, 0) is 35.7 Å². The largest absolute Gasteiger partial charge is 0.416 e. The third kappa shape index (κ3) is 6.20. The average molecular weight is 457 g/mol. The second kappa shape index (κ2) is 9.56. The van der Waals surface area contributed by atoms with Crippen molar-refractivity contribution in [1.82, 2.24) is 10.2 Å². The zero-order chi connectivity index (χ0) is 22.6. The van der Waals surface area contributed by atoms with Crippen molar-refractivity contribution >= 4 is 17.5 Å². The minimum atomic E-state index is -4.42. The van der Waals surface area contributed by atoms with Crippen LogP contribution >= 0.6 is 11.6 Å². The predicted octanol–water partition coefficient (Wildman–Crippen LogP) is 3.02. The van der Waals surface area contributed by atoms with Crippen molar-refractivity contribution in [3.05, 3.63) is 70.2 Å². The molecule has 1 saturated heterocycles. The smallest absolute Gasteiger partial charge is 0.388 e. The van der Waals surface area contributed by atoms with Crippen LogP contribution in [0.2, 0.25) is 5.02 Å². The van der Waals surface area contributed by atoms with E-state index in [9.17, 15) is 28.2 Å². The molecule has 0 unspecified atom stereocenters. The molecular weight excluding hydrogens is 433 g/mol. The summed E-state index contributed by atoms with van der Waals surface area (Å²) in [6.07, 6.45) is -5.29. The standard InChI is InChI=1S/C22H24ClF3N2O3/c23-18-6-4-15(5-7-18)11-20(30)28-9-8-21(31,19(29)13-28)14-27-12-16-2-1-3-17(10-16)22(24,25)26/h1-7,10,19,27,29,31H,8-9,11-14H2/t19-,21-/m0/s1. The van der Waals surface area contributed by atoms with Gasteiger partial charge in [0.2, 0.25) is 5.91 Å². The van der Waals surface area contributed by atoms with Gasteiger partial charge in [-0.1, -0.05) is 41.9 Å². The van der Waals surface area contributed by atoms with Gasteiger partial charge in [0.05, 0.1) is 12.0 Å². The number of hydrogen-bond acceptors (Lipinski definition) is 4. The molecule has 0 aromatic heterocycles. The van der Waals surface area contributed by atoms with E-state index in [0.29, 0.717) is 10.6 Å². The van der Waals surface area contributed by atoms with Gasteiger partial charge in [-0.2, -0.15) is 13.2 Å². The molecule has 0 aliphatic carbocycles. The fourth-order valence-corrected chi connectivity index (χ4v) is 3.69. The molecule has 3 N–H and O–H groups in total. The van der Waals surface area contributed by atoms with Gasteiger partial charge in [-0.3, -0.25) is 4.79 Å². The number of benzene rings is 2. The van der Waals surface area contributed by atoms with Crippen LogP contribution in [0.15, 0.2) is 48.5 Å². The van der Waals surface area contributed by atoms with Gasteiger partial charge in [0.1, 0.15) is 11.7 Å². The first-order chi connectivity index (χ1) is 14.6. The molecule has 0 bridgehead atoms. The maximum absolute atomic E-state index is 12.8. The molecule has 1 fully saturated rings. The molecule has 31 heavy (non-hydrogen) atoms. The summed E-state index contributed by atoms with van der Waals surface area (Å²) in [5, 5.41) is 24.7. The number of piperidine rings is 1. The van der Waals surface area contributed by atoms with Gasteiger partial charge in [0, 0.05) is 31.2 Å². The van der Waals surface area contributed by atoms with Crippen molar-refractivity contribution in [2.45, 2.75) is 37.3 Å². The number of hydrogen-bond donors (Lipinski definition) is 3. The van der Waals surface area contributed by atoms with Crippen molar-refractivity contribution < 1.29 is 28.2 Å². The Kier molecular flexibility index (Phi) is 7.26. The fraction of sp³-hybridized carbons (Fsp3) is 0.409. The number of aliphatic hydroxyl groups excluding tert-OH is 1. The summed E-state index contributed by atoms with van der Waals surface area (Å²) in [5.74, 6) is -0.166. The maximum Gasteiger partial charge on any atom is 0.416 e. The number of nitrogens with one attached hydrogen (secondary N) is 1. The van der Waals surface area contributed by atoms with Crippen LogP contribution in [-0.4, -0.2) is 52.4 Å². The molecule has 0 spiro atoms. The Labute approximate surface area is 183 Å². The summed E-state index contributed by atoms with van der Waals surface area (Å²) in [6.45, 7) is 0.348. The van der Waals surface area contributed by atoms with Crippen molar-refractivity contribution in [1.29, 1.82) is 0 Å². The highest BCUT2D eigenvalue weighted by molar-refractivity contribution is 6.30. The van der Waals surface area contributed by atoms with E-state index in [1.807, 2.05) is 0 Å². The Morgan fingerprint density at radius 1 is 1.19 bits per heavy atom. The lowest BCUT2D eigenvalue weighted by Gasteiger charge is -2.42. The lowest BCUT2D eigenvalue weighted by atomic mass is 9.88. The molecule has 3 rings (SSSR count). The second-order valence-corrected chi connectivity index (χ2v) is 8.25. The highest BCUT2D eigenvalue weighted by Gasteiger charge is 2.41. The minimum absolute atomic E-state index is 0.0103. The van der Waals surface area contributed by atoms with Crippen LogP contribution in [0.25, 0.3) is 0 Å². The van der Waals surface area contributed by atoms with E-state index in [2.05, 4.69) is 5.32 Å². The number of aliphatic hydroxyl groups is 2. The van der Waals surface area contributed by atoms with Crippen LogP contribution in [0.4, 0.5) is 13.2 Å². The zero-order valence-electron chi connectivity index (χ0n) is 16.7. The first-order valence-electron chi connectivity index (χ1n) is 9.86. The summed E-state index contributed by atoms with van der Waals surface area (Å²) < 4.78 is 38.5. The quantitative estimate of drug-likeness (QED) is 0.625. The first-order valence-corrected chi connectivity index (χ1v) is 10.2. The number of amides is 1. The summed E-state index contributed by atoms with van der Waals surface area (Å²) in [4.78, 5) is 14.0. The first kappa shape index (κ1) is 23.5. The number of rotatable bonds is 6. The minimum Gasteiger partial charge on any atom is -0.388 e. The highest BCUT2D eigenvalue weighted by Crippen LogP contribution is 2.29. The summed E-state index contributed by atoms with van der Waals surface area (Å²) in [5.41, 5.74) is -0.993. The van der Waals surface area contributed by atoms with E-state index in [1.165, 1.54) is 11.0 Å². The fourth-order valence-electron chi connectivity index (χ4n) is 3.57. The Balaban J connectivity index is 1.51. The molecule has 168 valence electrons. The SMILES string of the molecule is O=C(Cc1ccc(Cl)cc1)N1CC[C@](O)(CNCc2cccc(C(F)(F)F)c2)[C@@H](O)C1. The normalized spacial score (nSPS) is 21.9. The van der Waals surface area contributed by atoms with Crippen LogP contribution in [-0.2, 0) is 23.9 Å². The predicted molar refractivity (Wildman–Crippen MR) is 110 cm³/mol. The van der Waals surface area contributed by atoms with Crippen molar-refractivity contribution in [3.8, 4) is 0 Å². The maximum atomic E-state index is 12.8. The zero-order valence-corrected chi connectivity index (χ0v) is 17.5. The van der Waals surface area contributed by atoms with Crippen LogP contribution in [0, 0.1) is 0 Å². The Bertz CT molecular complexity index is 908. The lowest BCUT2D eigenvalue weighted by Crippen LogP contribution is -2.60. The molecule has 2 atom stereocenters. The number of carbonyl (C=O) groups excluding carboxylic acids is 1. The molecule has 2 aromatic carbocycles. The van der Waals surface area contributed by atoms with E-state index >= 15 is 0 Å². The third-order valence-electron chi connectivity index (χ3n) is 5.46. The van der Waals surface area contributed by atoms with Crippen molar-refractivity contribution in [2.75, 3.05) is 19.6 Å². The van der Waals surface area contributed by atoms with Crippen LogP contribution < -0.4 is 5.32 Å². The third-order valence-corrected chi connectivity index (χ3v) is 5.72. The van der Waals surface area contributed by atoms with Crippen LogP contribution in [0.1, 0.15) is 23.1 Å². The van der Waals surface area contributed by atoms with Crippen LogP contribution in [0.3, 0.4) is 0 Å². The van der Waals surface area contributed by atoms with E-state index in [-0.39, 0.29) is 44.9 Å². The molecule has 1 aliphatic heterocycles. The molecule has 1 heterocycles. The molecule has 0 saturated carbocycles. The van der Waals surface area contributed by atoms with Gasteiger partial charge in [-0.25, -0.2) is 0 Å². The van der Waals surface area contributed by atoms with Gasteiger partial charge < -0.3 is 20.4 Å². The van der Waals surface area contributed by atoms with Gasteiger partial charge >= 0.3 is 6.18 Å². The Hall–Kier alpha value is -2.13. The van der Waals surface area contributed by atoms with E-state index in [4.69, 9.17) is 11.6 Å². The van der Waals surface area contributed by atoms with Crippen LogP contribution in [0.5, 0.6) is 0 Å². The Morgan fingerprint density at radius 3 is 2.55 bits per heavy atom. The second-order valence-electron chi connectivity index (χ2n) is 7.81. The summed E-state index contributed by atoms with van der Waals surface area (Å²) in [6, 6.07) is 11.8. The van der Waals surface area contributed by atoms with Gasteiger partial charge in [0.25, 0.3) is 0 Å². The lowest BCUT2D eigenvalue weighted by molar-refractivity contribution is -0.148. The van der Waals surface area contributed by atoms with E-state index in [1.54, 1.807) is 30.3 Å². The molecule has 5 nitrogen and oxygen atoms in total. The molecular formula is C22H24ClF3N2O3. The number of β-amino-alcohol motifs (C(OH)–C–C–N with tert-alkyl or cyclic N) is 1. The summed E-state index contributed by atoms with van der Waals surface area (Å²) >= 11 is 5.84. The average Bonchev–Trinajstić information content (AvgIpc) is 2.71. The molecule has 0 radical (unpaired) electrons. The summed E-state index contributed by atoms with van der Waals surface area (Å²) in [7, 11) is 0. The topological polar surface area (TPSA) is 72.8 Å². The van der Waals surface area contributed by atoms with Gasteiger partial charge in [0.15, 0.2) is 0 Å². The number of nitrogens with zero attached hydrogens (tertiary/aromatic N) is 1. The number of carbonyl (C=O) groups is 1. The van der Waals surface area contributed by atoms with Crippen molar-refractivity contribution in [3.63, 3.8) is 0 Å². The number of alkyl halides is 3. The molecule has 2 aromatic rings. The Morgan fingerprint density at radius 2 is 1.90 bits per heavy atom.